The van der Waals surface area contributed by atoms with E-state index in [0.29, 0.717) is 38.6 Å². The summed E-state index contributed by atoms with van der Waals surface area (Å²) < 4.78 is 0. The molecule has 1 rings (SSSR count). The first-order valence-corrected chi connectivity index (χ1v) is 10.8. The average molecular weight is 444 g/mol. The quantitative estimate of drug-likeness (QED) is 0.186. The fourth-order valence-electron chi connectivity index (χ4n) is 3.60. The summed E-state index contributed by atoms with van der Waals surface area (Å²) in [6.45, 7) is 3.89. The van der Waals surface area contributed by atoms with E-state index in [1.165, 1.54) is 4.90 Å². The van der Waals surface area contributed by atoms with Gasteiger partial charge in [0.1, 0.15) is 18.1 Å². The molecular weight excluding hydrogens is 406 g/mol. The Morgan fingerprint density at radius 3 is 2.35 bits per heavy atom. The fourth-order valence-corrected chi connectivity index (χ4v) is 3.60. The number of amides is 3. The van der Waals surface area contributed by atoms with Crippen molar-refractivity contribution in [1.82, 2.24) is 15.5 Å². The van der Waals surface area contributed by atoms with Gasteiger partial charge in [-0.05, 0) is 51.0 Å². The van der Waals surface area contributed by atoms with Crippen LogP contribution in [0.2, 0.25) is 0 Å². The number of aliphatic hydroxyl groups excluding tert-OH is 1. The molecule has 1 saturated heterocycles. The zero-order valence-corrected chi connectivity index (χ0v) is 18.4. The lowest BCUT2D eigenvalue weighted by molar-refractivity contribution is -0.145. The van der Waals surface area contributed by atoms with Crippen LogP contribution < -0.4 is 22.1 Å². The maximum atomic E-state index is 12.9. The van der Waals surface area contributed by atoms with E-state index < -0.39 is 54.5 Å². The smallest absolute Gasteiger partial charge is 0.326 e. The molecule has 0 aromatic rings. The summed E-state index contributed by atoms with van der Waals surface area (Å²) in [7, 11) is 0. The third-order valence-electron chi connectivity index (χ3n) is 5.26. The number of carbonyl (C=O) groups is 4. The molecule has 0 bridgehead atoms. The average Bonchev–Trinajstić information content (AvgIpc) is 3.19. The number of carboxylic acids is 1. The predicted molar refractivity (Wildman–Crippen MR) is 114 cm³/mol. The van der Waals surface area contributed by atoms with E-state index in [0.717, 1.165) is 0 Å². The number of nitrogens with zero attached hydrogens (tertiary/aromatic N) is 1. The maximum absolute atomic E-state index is 12.9. The van der Waals surface area contributed by atoms with Crippen molar-refractivity contribution in [1.29, 1.82) is 0 Å². The summed E-state index contributed by atoms with van der Waals surface area (Å²) in [4.78, 5) is 50.6. The first-order valence-electron chi connectivity index (χ1n) is 10.8. The van der Waals surface area contributed by atoms with Crippen molar-refractivity contribution < 1.29 is 29.4 Å². The van der Waals surface area contributed by atoms with E-state index >= 15 is 0 Å². The number of carboxylic acid groups (broad SMARTS) is 1. The van der Waals surface area contributed by atoms with Crippen LogP contribution >= 0.6 is 0 Å². The molecule has 1 fully saturated rings. The van der Waals surface area contributed by atoms with Gasteiger partial charge in [-0.1, -0.05) is 13.8 Å². The van der Waals surface area contributed by atoms with E-state index in [9.17, 15) is 29.4 Å². The highest BCUT2D eigenvalue weighted by molar-refractivity contribution is 5.94. The minimum Gasteiger partial charge on any atom is -0.480 e. The Morgan fingerprint density at radius 1 is 1.13 bits per heavy atom. The monoisotopic (exact) mass is 443 g/mol. The molecule has 3 amide bonds. The van der Waals surface area contributed by atoms with Gasteiger partial charge >= 0.3 is 5.97 Å². The minimum atomic E-state index is -1.22. The number of hydrogen-bond acceptors (Lipinski definition) is 7. The van der Waals surface area contributed by atoms with Crippen molar-refractivity contribution in [2.24, 2.45) is 17.4 Å². The third kappa shape index (κ3) is 8.42. The molecule has 4 atom stereocenters. The second-order valence-corrected chi connectivity index (χ2v) is 8.35. The van der Waals surface area contributed by atoms with Gasteiger partial charge in [-0.15, -0.1) is 0 Å². The van der Waals surface area contributed by atoms with E-state index in [2.05, 4.69) is 10.6 Å². The minimum absolute atomic E-state index is 0.183. The number of unbranched alkanes of at least 4 members (excludes halogenated alkanes) is 1. The van der Waals surface area contributed by atoms with Gasteiger partial charge in [0.25, 0.3) is 0 Å². The highest BCUT2D eigenvalue weighted by Crippen LogP contribution is 2.19. The van der Waals surface area contributed by atoms with Crippen LogP contribution in [0.15, 0.2) is 0 Å². The van der Waals surface area contributed by atoms with Crippen LogP contribution in [0.1, 0.15) is 52.4 Å². The SMILES string of the molecule is CC(C)CC(N)C(=O)NC(CO)C(=O)N1CCCC1C(=O)NC(CCCCN)C(=O)O. The van der Waals surface area contributed by atoms with E-state index in [1.54, 1.807) is 0 Å². The van der Waals surface area contributed by atoms with Gasteiger partial charge < -0.3 is 37.2 Å². The summed E-state index contributed by atoms with van der Waals surface area (Å²) in [6.07, 6.45) is 2.77. The van der Waals surface area contributed by atoms with Crippen LogP contribution in [0.25, 0.3) is 0 Å². The molecule has 0 saturated carbocycles. The maximum Gasteiger partial charge on any atom is 0.326 e. The molecule has 8 N–H and O–H groups in total. The Balaban J connectivity index is 2.78. The molecule has 0 spiro atoms. The van der Waals surface area contributed by atoms with Crippen LogP contribution in [0.4, 0.5) is 0 Å². The third-order valence-corrected chi connectivity index (χ3v) is 5.26. The summed E-state index contributed by atoms with van der Waals surface area (Å²) in [5.41, 5.74) is 11.3. The molecule has 0 aromatic heterocycles. The summed E-state index contributed by atoms with van der Waals surface area (Å²) in [5, 5.41) is 24.0. The molecule has 0 aromatic carbocycles. The van der Waals surface area contributed by atoms with Crippen molar-refractivity contribution in [2.75, 3.05) is 19.7 Å². The van der Waals surface area contributed by atoms with E-state index in [-0.39, 0.29) is 18.9 Å². The van der Waals surface area contributed by atoms with Crippen LogP contribution in [-0.2, 0) is 19.2 Å². The normalized spacial score (nSPS) is 19.0. The molecule has 1 aliphatic heterocycles. The van der Waals surface area contributed by atoms with Gasteiger partial charge in [-0.2, -0.15) is 0 Å². The van der Waals surface area contributed by atoms with Crippen molar-refractivity contribution in [2.45, 2.75) is 76.5 Å². The standard InChI is InChI=1S/C20H37N5O6/c1-12(2)10-13(22)17(27)24-15(11-26)19(29)25-9-5-7-16(25)18(28)23-14(20(30)31)6-3-4-8-21/h12-16,26H,3-11,21-22H2,1-2H3,(H,23,28)(H,24,27)(H,30,31). The number of likely N-dealkylation sites (tertiary alicyclic amines) is 1. The first-order chi connectivity index (χ1) is 14.6. The Bertz CT molecular complexity index is 629. The molecule has 11 heteroatoms. The molecule has 178 valence electrons. The van der Waals surface area contributed by atoms with Gasteiger partial charge in [0.05, 0.1) is 12.6 Å². The second-order valence-electron chi connectivity index (χ2n) is 8.35. The number of aliphatic carboxylic acids is 1. The summed E-state index contributed by atoms with van der Waals surface area (Å²) in [6, 6.07) is -3.97. The number of carbonyl (C=O) groups excluding carboxylic acids is 3. The van der Waals surface area contributed by atoms with Gasteiger partial charge in [0.15, 0.2) is 0 Å². The lowest BCUT2D eigenvalue weighted by atomic mass is 10.0. The number of hydrogen-bond donors (Lipinski definition) is 6. The molecule has 31 heavy (non-hydrogen) atoms. The van der Waals surface area contributed by atoms with Crippen molar-refractivity contribution in [3.8, 4) is 0 Å². The lowest BCUT2D eigenvalue weighted by Crippen LogP contribution is -2.57. The van der Waals surface area contributed by atoms with Crippen molar-refractivity contribution in [3.63, 3.8) is 0 Å². The highest BCUT2D eigenvalue weighted by Gasteiger charge is 2.38. The Labute approximate surface area is 182 Å². The molecule has 1 aliphatic rings. The number of aliphatic hydroxyl groups is 1. The Morgan fingerprint density at radius 2 is 1.81 bits per heavy atom. The summed E-state index contributed by atoms with van der Waals surface area (Å²) >= 11 is 0. The summed E-state index contributed by atoms with van der Waals surface area (Å²) in [5.74, 6) is -2.68. The molecule has 0 radical (unpaired) electrons. The molecule has 0 aliphatic carbocycles. The van der Waals surface area contributed by atoms with Crippen molar-refractivity contribution >= 4 is 23.7 Å². The van der Waals surface area contributed by atoms with E-state index in [4.69, 9.17) is 11.5 Å². The van der Waals surface area contributed by atoms with Gasteiger partial charge in [0.2, 0.25) is 17.7 Å². The van der Waals surface area contributed by atoms with Crippen molar-refractivity contribution in [3.05, 3.63) is 0 Å². The highest BCUT2D eigenvalue weighted by atomic mass is 16.4. The van der Waals surface area contributed by atoms with Crippen LogP contribution in [0, 0.1) is 5.92 Å². The van der Waals surface area contributed by atoms with Gasteiger partial charge in [-0.3, -0.25) is 14.4 Å². The Hall–Kier alpha value is -2.24. The molecular formula is C20H37N5O6. The second kappa shape index (κ2) is 13.2. The number of rotatable bonds is 13. The molecule has 4 unspecified atom stereocenters. The largest absolute Gasteiger partial charge is 0.480 e. The topological polar surface area (TPSA) is 188 Å². The first kappa shape index (κ1) is 26.8. The lowest BCUT2D eigenvalue weighted by Gasteiger charge is -2.29. The van der Waals surface area contributed by atoms with Crippen LogP contribution in [-0.4, -0.2) is 82.7 Å². The molecule has 11 nitrogen and oxygen atoms in total. The van der Waals surface area contributed by atoms with Gasteiger partial charge in [-0.25, -0.2) is 4.79 Å². The Kier molecular flexibility index (Phi) is 11.4. The fraction of sp³-hybridized carbons (Fsp3) is 0.800. The predicted octanol–water partition coefficient (Wildman–Crippen LogP) is -1.47. The zero-order valence-electron chi connectivity index (χ0n) is 18.4. The number of nitrogens with one attached hydrogen (secondary N) is 2. The number of nitrogens with two attached hydrogens (primary N) is 2. The van der Waals surface area contributed by atoms with Crippen LogP contribution in [0.3, 0.4) is 0 Å². The molecule has 1 heterocycles. The van der Waals surface area contributed by atoms with Crippen LogP contribution in [0.5, 0.6) is 0 Å². The van der Waals surface area contributed by atoms with E-state index in [1.807, 2.05) is 13.8 Å². The van der Waals surface area contributed by atoms with Gasteiger partial charge in [0, 0.05) is 6.54 Å². The zero-order chi connectivity index (χ0) is 23.6.